The number of alkyl halides is 3. The van der Waals surface area contributed by atoms with E-state index in [4.69, 9.17) is 5.26 Å². The molecule has 0 aliphatic rings. The molecule has 0 saturated heterocycles. The first-order chi connectivity index (χ1) is 10.1. The fraction of sp³-hybridized carbons (Fsp3) is 0.133. The Hall–Kier alpha value is -2.33. The van der Waals surface area contributed by atoms with Crippen molar-refractivity contribution in [3.63, 3.8) is 0 Å². The molecule has 0 saturated carbocycles. The minimum absolute atomic E-state index is 0.000697. The van der Waals surface area contributed by atoms with Crippen LogP contribution in [-0.4, -0.2) is 14.7 Å². The monoisotopic (exact) mass is 325 g/mol. The van der Waals surface area contributed by atoms with Crippen LogP contribution in [0.1, 0.15) is 11.1 Å². The zero-order chi connectivity index (χ0) is 16.5. The van der Waals surface area contributed by atoms with E-state index in [-0.39, 0.29) is 21.6 Å². The maximum absolute atomic E-state index is 13.1. The van der Waals surface area contributed by atoms with Crippen molar-refractivity contribution in [3.05, 3.63) is 53.6 Å². The van der Waals surface area contributed by atoms with Crippen LogP contribution in [-0.2, 0) is 16.0 Å². The summed E-state index contributed by atoms with van der Waals surface area (Å²) < 4.78 is 62.1. The van der Waals surface area contributed by atoms with Crippen LogP contribution in [0.25, 0.3) is 11.1 Å². The molecule has 2 aromatic rings. The minimum atomic E-state index is -4.61. The van der Waals surface area contributed by atoms with Crippen LogP contribution in [0.5, 0.6) is 0 Å². The van der Waals surface area contributed by atoms with Gasteiger partial charge < -0.3 is 0 Å². The number of hydrogen-bond donors (Lipinski definition) is 0. The summed E-state index contributed by atoms with van der Waals surface area (Å²) in [6.07, 6.45) is -3.61. The molecule has 3 nitrogen and oxygen atoms in total. The predicted octanol–water partition coefficient (Wildman–Crippen LogP) is 3.65. The van der Waals surface area contributed by atoms with Gasteiger partial charge in [-0.05, 0) is 29.8 Å². The first-order valence-corrected chi connectivity index (χ1v) is 7.94. The third-order valence-electron chi connectivity index (χ3n) is 3.06. The molecular weight excluding hydrogens is 315 g/mol. The summed E-state index contributed by atoms with van der Waals surface area (Å²) in [5.41, 5.74) is -1.17. The highest BCUT2D eigenvalue weighted by Crippen LogP contribution is 2.39. The third-order valence-corrected chi connectivity index (χ3v) is 4.19. The SMILES string of the molecule is CS(=O)(=O)c1ccc(-c2c(C#N)cccc2C(F)(F)F)cc1. The quantitative estimate of drug-likeness (QED) is 0.847. The van der Waals surface area contributed by atoms with Crippen LogP contribution >= 0.6 is 0 Å². The Morgan fingerprint density at radius 2 is 1.64 bits per heavy atom. The summed E-state index contributed by atoms with van der Waals surface area (Å²) >= 11 is 0. The maximum atomic E-state index is 13.1. The molecule has 0 bridgehead atoms. The molecule has 0 aliphatic carbocycles. The van der Waals surface area contributed by atoms with E-state index in [0.717, 1.165) is 18.4 Å². The molecule has 2 rings (SSSR count). The van der Waals surface area contributed by atoms with Gasteiger partial charge in [0.25, 0.3) is 0 Å². The lowest BCUT2D eigenvalue weighted by Gasteiger charge is -2.14. The number of nitrogens with zero attached hydrogens (tertiary/aromatic N) is 1. The van der Waals surface area contributed by atoms with Crippen molar-refractivity contribution in [3.8, 4) is 17.2 Å². The van der Waals surface area contributed by atoms with Crippen molar-refractivity contribution in [1.82, 2.24) is 0 Å². The van der Waals surface area contributed by atoms with E-state index < -0.39 is 21.6 Å². The second-order valence-electron chi connectivity index (χ2n) is 4.63. The Labute approximate surface area is 125 Å². The molecule has 0 N–H and O–H groups in total. The fourth-order valence-corrected chi connectivity index (χ4v) is 2.69. The van der Waals surface area contributed by atoms with Crippen molar-refractivity contribution in [2.24, 2.45) is 0 Å². The smallest absolute Gasteiger partial charge is 0.224 e. The molecule has 0 fully saturated rings. The van der Waals surface area contributed by atoms with E-state index in [2.05, 4.69) is 0 Å². The first-order valence-electron chi connectivity index (χ1n) is 6.05. The summed E-state index contributed by atoms with van der Waals surface area (Å²) in [6, 6.07) is 10.0. The lowest BCUT2D eigenvalue weighted by molar-refractivity contribution is -0.137. The summed E-state index contributed by atoms with van der Waals surface area (Å²) in [7, 11) is -3.44. The fourth-order valence-electron chi connectivity index (χ4n) is 2.06. The van der Waals surface area contributed by atoms with Gasteiger partial charge in [-0.15, -0.1) is 0 Å². The zero-order valence-electron chi connectivity index (χ0n) is 11.3. The molecule has 114 valence electrons. The number of benzene rings is 2. The number of rotatable bonds is 2. The summed E-state index contributed by atoms with van der Waals surface area (Å²) in [6.45, 7) is 0. The molecular formula is C15H10F3NO2S. The van der Waals surface area contributed by atoms with Gasteiger partial charge in [-0.25, -0.2) is 8.42 Å². The van der Waals surface area contributed by atoms with Crippen LogP contribution in [0.3, 0.4) is 0 Å². The van der Waals surface area contributed by atoms with Gasteiger partial charge in [0.2, 0.25) is 0 Å². The average molecular weight is 325 g/mol. The van der Waals surface area contributed by atoms with E-state index >= 15 is 0 Å². The minimum Gasteiger partial charge on any atom is -0.224 e. The van der Waals surface area contributed by atoms with Crippen molar-refractivity contribution in [2.45, 2.75) is 11.1 Å². The molecule has 0 amide bonds. The van der Waals surface area contributed by atoms with Crippen molar-refractivity contribution in [2.75, 3.05) is 6.26 Å². The molecule has 0 atom stereocenters. The first kappa shape index (κ1) is 16.0. The molecule has 2 aromatic carbocycles. The maximum Gasteiger partial charge on any atom is 0.417 e. The average Bonchev–Trinajstić information content (AvgIpc) is 2.44. The largest absolute Gasteiger partial charge is 0.417 e. The van der Waals surface area contributed by atoms with Crippen molar-refractivity contribution < 1.29 is 21.6 Å². The summed E-state index contributed by atoms with van der Waals surface area (Å²) in [5.74, 6) is 0. The number of halogens is 3. The molecule has 7 heteroatoms. The van der Waals surface area contributed by atoms with E-state index in [1.807, 2.05) is 0 Å². The van der Waals surface area contributed by atoms with Gasteiger partial charge in [0.1, 0.15) is 0 Å². The summed E-state index contributed by atoms with van der Waals surface area (Å²) in [5, 5.41) is 9.04. The Kier molecular flexibility index (Phi) is 3.98. The van der Waals surface area contributed by atoms with Crippen LogP contribution < -0.4 is 0 Å². The summed E-state index contributed by atoms with van der Waals surface area (Å²) in [4.78, 5) is -0.000697. The van der Waals surface area contributed by atoms with Gasteiger partial charge in [-0.3, -0.25) is 0 Å². The molecule has 0 radical (unpaired) electrons. The van der Waals surface area contributed by atoms with Gasteiger partial charge in [0.15, 0.2) is 9.84 Å². The highest BCUT2D eigenvalue weighted by molar-refractivity contribution is 7.90. The van der Waals surface area contributed by atoms with Gasteiger partial charge in [-0.2, -0.15) is 18.4 Å². The molecule has 0 heterocycles. The molecule has 22 heavy (non-hydrogen) atoms. The van der Waals surface area contributed by atoms with E-state index in [1.165, 1.54) is 30.3 Å². The van der Waals surface area contributed by atoms with E-state index in [0.29, 0.717) is 0 Å². The van der Waals surface area contributed by atoms with E-state index in [9.17, 15) is 21.6 Å². The Balaban J connectivity index is 2.69. The number of nitriles is 1. The van der Waals surface area contributed by atoms with Crippen molar-refractivity contribution in [1.29, 1.82) is 5.26 Å². The Bertz CT molecular complexity index is 848. The van der Waals surface area contributed by atoms with Crippen molar-refractivity contribution >= 4 is 9.84 Å². The third kappa shape index (κ3) is 3.12. The van der Waals surface area contributed by atoms with Crippen LogP contribution in [0, 0.1) is 11.3 Å². The molecule has 0 aliphatic heterocycles. The number of sulfone groups is 1. The highest BCUT2D eigenvalue weighted by Gasteiger charge is 2.34. The lowest BCUT2D eigenvalue weighted by atomic mass is 9.94. The molecule has 0 unspecified atom stereocenters. The second kappa shape index (κ2) is 5.46. The molecule has 0 spiro atoms. The zero-order valence-corrected chi connectivity index (χ0v) is 12.2. The second-order valence-corrected chi connectivity index (χ2v) is 6.65. The Morgan fingerprint density at radius 1 is 1.05 bits per heavy atom. The van der Waals surface area contributed by atoms with Gasteiger partial charge in [0, 0.05) is 11.8 Å². The van der Waals surface area contributed by atoms with Crippen LogP contribution in [0.2, 0.25) is 0 Å². The van der Waals surface area contributed by atoms with Crippen LogP contribution in [0.4, 0.5) is 13.2 Å². The number of hydrogen-bond acceptors (Lipinski definition) is 3. The molecule has 0 aromatic heterocycles. The standard InChI is InChI=1S/C15H10F3NO2S/c1-22(20,21)12-7-5-10(6-8-12)14-11(9-19)3-2-4-13(14)15(16,17)18/h2-8H,1H3. The predicted molar refractivity (Wildman–Crippen MR) is 74.7 cm³/mol. The van der Waals surface area contributed by atoms with Gasteiger partial charge in [0.05, 0.1) is 22.1 Å². The highest BCUT2D eigenvalue weighted by atomic mass is 32.2. The van der Waals surface area contributed by atoms with Gasteiger partial charge >= 0.3 is 6.18 Å². The normalized spacial score (nSPS) is 12.0. The topological polar surface area (TPSA) is 57.9 Å². The van der Waals surface area contributed by atoms with E-state index in [1.54, 1.807) is 6.07 Å². The Morgan fingerprint density at radius 3 is 2.09 bits per heavy atom. The lowest BCUT2D eigenvalue weighted by Crippen LogP contribution is -2.08. The van der Waals surface area contributed by atoms with Crippen LogP contribution in [0.15, 0.2) is 47.4 Å². The van der Waals surface area contributed by atoms with Gasteiger partial charge in [-0.1, -0.05) is 18.2 Å².